The number of ether oxygens (including phenoxy) is 1. The van der Waals surface area contributed by atoms with Gasteiger partial charge in [0.25, 0.3) is 0 Å². The monoisotopic (exact) mass is 505 g/mol. The molecule has 8 nitrogen and oxygen atoms in total. The van der Waals surface area contributed by atoms with Crippen molar-refractivity contribution in [2.45, 2.75) is 37.8 Å². The number of carbonyl (C=O) groups excluding carboxylic acids is 1. The second-order valence-corrected chi connectivity index (χ2v) is 10.6. The van der Waals surface area contributed by atoms with Crippen LogP contribution in [0.5, 0.6) is 5.75 Å². The summed E-state index contributed by atoms with van der Waals surface area (Å²) in [5.74, 6) is -0.594. The molecule has 0 saturated heterocycles. The number of hydrogen-bond acceptors (Lipinski definition) is 5. The van der Waals surface area contributed by atoms with E-state index in [-0.39, 0.29) is 36.3 Å². The minimum absolute atomic E-state index is 0.00909. The maximum Gasteiger partial charge on any atom is 0.321 e. The van der Waals surface area contributed by atoms with Crippen molar-refractivity contribution in [1.29, 1.82) is 0 Å². The van der Waals surface area contributed by atoms with Gasteiger partial charge >= 0.3 is 6.03 Å². The quantitative estimate of drug-likeness (QED) is 0.622. The van der Waals surface area contributed by atoms with E-state index < -0.39 is 34.0 Å². The van der Waals surface area contributed by atoms with Crippen LogP contribution >= 0.6 is 0 Å². The molecule has 2 amide bonds. The Kier molecular flexibility index (Phi) is 8.52. The van der Waals surface area contributed by atoms with Crippen LogP contribution < -0.4 is 10.1 Å². The van der Waals surface area contributed by atoms with E-state index in [1.807, 2.05) is 26.0 Å². The van der Waals surface area contributed by atoms with Gasteiger partial charge in [0.15, 0.2) is 0 Å². The predicted octanol–water partition coefficient (Wildman–Crippen LogP) is 3.79. The zero-order chi connectivity index (χ0) is 25.8. The van der Waals surface area contributed by atoms with Crippen LogP contribution in [0, 0.1) is 11.7 Å². The van der Waals surface area contributed by atoms with Gasteiger partial charge in [0.1, 0.15) is 22.6 Å². The highest BCUT2D eigenvalue weighted by Crippen LogP contribution is 2.34. The topological polar surface area (TPSA) is 99.2 Å². The molecule has 35 heavy (non-hydrogen) atoms. The average molecular weight is 506 g/mol. The summed E-state index contributed by atoms with van der Waals surface area (Å²) in [5, 5.41) is 12.4. The number of aliphatic hydroxyl groups excluding tert-OH is 1. The van der Waals surface area contributed by atoms with Crippen LogP contribution in [0.15, 0.2) is 53.4 Å². The lowest BCUT2D eigenvalue weighted by Gasteiger charge is -2.37. The number of allylic oxidation sites excluding steroid dienone is 1. The Hall–Kier alpha value is -2.95. The van der Waals surface area contributed by atoms with E-state index in [1.165, 1.54) is 33.5 Å². The molecule has 0 radical (unpaired) electrons. The third-order valence-electron chi connectivity index (χ3n) is 5.93. The number of aliphatic hydroxyl groups is 1. The average Bonchev–Trinajstić information content (AvgIpc) is 2.81. The molecule has 0 aliphatic carbocycles. The summed E-state index contributed by atoms with van der Waals surface area (Å²) >= 11 is 0. The van der Waals surface area contributed by atoms with Crippen LogP contribution in [0.1, 0.15) is 26.3 Å². The molecule has 0 fully saturated rings. The van der Waals surface area contributed by atoms with Gasteiger partial charge in [-0.25, -0.2) is 17.6 Å². The number of anilines is 1. The molecule has 0 spiro atoms. The van der Waals surface area contributed by atoms with Gasteiger partial charge in [-0.05, 0) is 49.7 Å². The van der Waals surface area contributed by atoms with Crippen molar-refractivity contribution in [3.8, 4) is 5.75 Å². The molecule has 10 heteroatoms. The summed E-state index contributed by atoms with van der Waals surface area (Å²) in [6.07, 6.45) is 3.12. The first-order chi connectivity index (χ1) is 16.6. The summed E-state index contributed by atoms with van der Waals surface area (Å²) in [5.41, 5.74) is 1.09. The van der Waals surface area contributed by atoms with Crippen LogP contribution in [0.4, 0.5) is 14.9 Å². The molecular weight excluding hydrogens is 473 g/mol. The summed E-state index contributed by atoms with van der Waals surface area (Å²) in [6.45, 7) is 5.26. The van der Waals surface area contributed by atoms with Gasteiger partial charge in [-0.15, -0.1) is 0 Å². The van der Waals surface area contributed by atoms with Crippen LogP contribution in [-0.2, 0) is 10.0 Å². The highest BCUT2D eigenvalue weighted by Gasteiger charge is 2.38. The molecule has 3 atom stereocenters. The number of nitrogens with zero attached hydrogens (tertiary/aromatic N) is 2. The number of amides is 2. The molecule has 0 saturated carbocycles. The minimum atomic E-state index is -3.94. The number of benzene rings is 2. The number of hydrogen-bond donors (Lipinski definition) is 2. The first kappa shape index (κ1) is 26.7. The van der Waals surface area contributed by atoms with Gasteiger partial charge in [0.2, 0.25) is 10.0 Å². The second kappa shape index (κ2) is 11.2. The molecule has 0 aromatic heterocycles. The van der Waals surface area contributed by atoms with Crippen LogP contribution in [0.3, 0.4) is 0 Å². The standard InChI is InChI=1S/C25H32FN3O5S/c1-5-7-19-10-11-24-22(12-19)34-23(17(2)14-29(18(3)16-30)35(24,32)33)15-28(4)25(31)27-21-9-6-8-20(26)13-21/h5-13,17-18,23,30H,14-16H2,1-4H3,(H,27,31)/b7-5+/t17-,18+,23-/m0/s1. The van der Waals surface area contributed by atoms with Crippen molar-refractivity contribution in [2.24, 2.45) is 5.92 Å². The Bertz CT molecular complexity index is 1190. The Morgan fingerprint density at radius 3 is 2.74 bits per heavy atom. The predicted molar refractivity (Wildman–Crippen MR) is 133 cm³/mol. The maximum atomic E-state index is 13.5. The fourth-order valence-electron chi connectivity index (χ4n) is 3.89. The lowest BCUT2D eigenvalue weighted by molar-refractivity contribution is 0.0830. The van der Waals surface area contributed by atoms with Crippen molar-refractivity contribution in [3.63, 3.8) is 0 Å². The molecular formula is C25H32FN3O5S. The molecule has 1 aliphatic rings. The molecule has 190 valence electrons. The van der Waals surface area contributed by atoms with Gasteiger partial charge in [-0.2, -0.15) is 4.31 Å². The second-order valence-electron chi connectivity index (χ2n) is 8.77. The lowest BCUT2D eigenvalue weighted by Crippen LogP contribution is -2.50. The van der Waals surface area contributed by atoms with Crippen LogP contribution in [0.2, 0.25) is 0 Å². The smallest absolute Gasteiger partial charge is 0.321 e. The van der Waals surface area contributed by atoms with Crippen molar-refractivity contribution < 1.29 is 27.4 Å². The Balaban J connectivity index is 1.93. The molecule has 1 aliphatic heterocycles. The molecule has 2 N–H and O–H groups in total. The van der Waals surface area contributed by atoms with E-state index in [0.29, 0.717) is 5.69 Å². The van der Waals surface area contributed by atoms with Gasteiger partial charge in [0, 0.05) is 31.2 Å². The molecule has 0 bridgehead atoms. The normalized spacial score (nSPS) is 20.9. The lowest BCUT2D eigenvalue weighted by atomic mass is 10.0. The van der Waals surface area contributed by atoms with Crippen molar-refractivity contribution >= 4 is 27.8 Å². The Morgan fingerprint density at radius 2 is 2.09 bits per heavy atom. The number of fused-ring (bicyclic) bond motifs is 1. The number of urea groups is 1. The minimum Gasteiger partial charge on any atom is -0.487 e. The molecule has 2 aromatic carbocycles. The van der Waals surface area contributed by atoms with Gasteiger partial charge in [0.05, 0.1) is 13.2 Å². The zero-order valence-electron chi connectivity index (χ0n) is 20.3. The van der Waals surface area contributed by atoms with Gasteiger partial charge < -0.3 is 20.1 Å². The number of likely N-dealkylation sites (N-methyl/N-ethyl adjacent to an activating group) is 1. The van der Waals surface area contributed by atoms with E-state index in [4.69, 9.17) is 4.74 Å². The number of sulfonamides is 1. The number of rotatable bonds is 6. The maximum absolute atomic E-state index is 13.5. The Morgan fingerprint density at radius 1 is 1.34 bits per heavy atom. The van der Waals surface area contributed by atoms with E-state index >= 15 is 0 Å². The van der Waals surface area contributed by atoms with Crippen molar-refractivity contribution in [3.05, 3.63) is 59.9 Å². The van der Waals surface area contributed by atoms with Crippen LogP contribution in [0.25, 0.3) is 6.08 Å². The SMILES string of the molecule is C/C=C/c1ccc2c(c1)O[C@@H](CN(C)C(=O)Nc1cccc(F)c1)[C@@H](C)CN([C@H](C)CO)S2(=O)=O. The molecule has 3 rings (SSSR count). The summed E-state index contributed by atoms with van der Waals surface area (Å²) in [7, 11) is -2.35. The molecule has 2 aromatic rings. The molecule has 0 unspecified atom stereocenters. The fraction of sp³-hybridized carbons (Fsp3) is 0.400. The van der Waals surface area contributed by atoms with E-state index in [0.717, 1.165) is 5.56 Å². The summed E-state index contributed by atoms with van der Waals surface area (Å²) in [4.78, 5) is 14.2. The summed E-state index contributed by atoms with van der Waals surface area (Å²) in [6, 6.07) is 9.36. The van der Waals surface area contributed by atoms with Crippen molar-refractivity contribution in [2.75, 3.05) is 32.1 Å². The zero-order valence-corrected chi connectivity index (χ0v) is 21.1. The Labute approximate surface area is 206 Å². The van der Waals surface area contributed by atoms with E-state index in [9.17, 15) is 22.7 Å². The first-order valence-electron chi connectivity index (χ1n) is 11.4. The fourth-order valence-corrected chi connectivity index (χ4v) is 5.72. The van der Waals surface area contributed by atoms with E-state index in [1.54, 1.807) is 32.2 Å². The van der Waals surface area contributed by atoms with Gasteiger partial charge in [-0.1, -0.05) is 31.2 Å². The summed E-state index contributed by atoms with van der Waals surface area (Å²) < 4.78 is 48.0. The highest BCUT2D eigenvalue weighted by molar-refractivity contribution is 7.89. The van der Waals surface area contributed by atoms with Gasteiger partial charge in [-0.3, -0.25) is 0 Å². The number of nitrogens with one attached hydrogen (secondary N) is 1. The number of halogens is 1. The number of carbonyl (C=O) groups is 1. The third-order valence-corrected chi connectivity index (χ3v) is 7.95. The van der Waals surface area contributed by atoms with Crippen LogP contribution in [-0.4, -0.2) is 67.7 Å². The highest BCUT2D eigenvalue weighted by atomic mass is 32.2. The van der Waals surface area contributed by atoms with Crippen molar-refractivity contribution in [1.82, 2.24) is 9.21 Å². The molecule has 1 heterocycles. The third kappa shape index (κ3) is 6.19. The first-order valence-corrected chi connectivity index (χ1v) is 12.8. The van der Waals surface area contributed by atoms with E-state index in [2.05, 4.69) is 5.32 Å². The largest absolute Gasteiger partial charge is 0.487 e.